The zero-order valence-corrected chi connectivity index (χ0v) is 14.0. The van der Waals surface area contributed by atoms with E-state index < -0.39 is 20.7 Å². The monoisotopic (exact) mass is 313 g/mol. The Kier molecular flexibility index (Phi) is 3.68. The number of carbonyl (C=O) groups excluding carboxylic acids is 1. The van der Waals surface area contributed by atoms with Crippen LogP contribution < -0.4 is 4.72 Å². The molecule has 118 valence electrons. The molecule has 1 aromatic heterocycles. The first kappa shape index (κ1) is 16.0. The van der Waals surface area contributed by atoms with Crippen LogP contribution in [0.3, 0.4) is 0 Å². The van der Waals surface area contributed by atoms with Crippen molar-refractivity contribution in [2.24, 2.45) is 0 Å². The summed E-state index contributed by atoms with van der Waals surface area (Å²) in [5.41, 5.74) is 0.572. The molecule has 0 radical (unpaired) electrons. The number of hydrogen-bond acceptors (Lipinski definition) is 4. The Morgan fingerprint density at radius 1 is 1.43 bits per heavy atom. The Morgan fingerprint density at radius 2 is 2.00 bits per heavy atom. The first-order chi connectivity index (χ1) is 9.52. The Morgan fingerprint density at radius 3 is 2.38 bits per heavy atom. The quantitative estimate of drug-likeness (QED) is 0.921. The van der Waals surface area contributed by atoms with Crippen LogP contribution >= 0.6 is 0 Å². The molecular formula is C14H23N3O3S. The molecular weight excluding hydrogens is 290 g/mol. The Bertz CT molecular complexity index is 664. The summed E-state index contributed by atoms with van der Waals surface area (Å²) in [5.74, 6) is -0.595. The lowest BCUT2D eigenvalue weighted by atomic mass is 10.1. The highest BCUT2D eigenvalue weighted by molar-refractivity contribution is 7.91. The number of hydrogen-bond donors (Lipinski definition) is 1. The molecule has 1 aromatic rings. The minimum absolute atomic E-state index is 0.261. The van der Waals surface area contributed by atoms with Crippen molar-refractivity contribution >= 4 is 15.9 Å². The number of nitrogens with one attached hydrogen (secondary N) is 1. The molecule has 6 nitrogen and oxygen atoms in total. The smallest absolute Gasteiger partial charge is 0.268 e. The normalized spacial score (nSPS) is 17.6. The van der Waals surface area contributed by atoms with Crippen LogP contribution in [0.1, 0.15) is 63.0 Å². The number of carbonyl (C=O) groups is 1. The van der Waals surface area contributed by atoms with Crippen molar-refractivity contribution in [2.75, 3.05) is 0 Å². The van der Waals surface area contributed by atoms with E-state index in [1.165, 1.54) is 0 Å². The van der Waals surface area contributed by atoms with Gasteiger partial charge in [-0.2, -0.15) is 5.10 Å². The van der Waals surface area contributed by atoms with E-state index in [-0.39, 0.29) is 5.54 Å². The third-order valence-corrected chi connectivity index (χ3v) is 6.37. The molecule has 0 bridgehead atoms. The third kappa shape index (κ3) is 2.84. The van der Waals surface area contributed by atoms with Crippen molar-refractivity contribution in [1.29, 1.82) is 0 Å². The summed E-state index contributed by atoms with van der Waals surface area (Å²) in [7, 11) is -3.63. The lowest BCUT2D eigenvalue weighted by molar-refractivity contribution is 0.0980. The number of aromatic nitrogens is 2. The molecule has 0 spiro atoms. The summed E-state index contributed by atoms with van der Waals surface area (Å²) in [5, 5.41) is 4.29. The zero-order chi connectivity index (χ0) is 16.1. The summed E-state index contributed by atoms with van der Waals surface area (Å²) in [6.45, 7) is 9.44. The predicted octanol–water partition coefficient (Wildman–Crippen LogP) is 1.95. The van der Waals surface area contributed by atoms with Gasteiger partial charge in [-0.05, 0) is 47.0 Å². The first-order valence-electron chi connectivity index (χ1n) is 7.16. The highest BCUT2D eigenvalue weighted by Crippen LogP contribution is 2.45. The third-order valence-electron chi connectivity index (χ3n) is 4.08. The Balaban J connectivity index is 2.24. The second kappa shape index (κ2) is 4.83. The fourth-order valence-electron chi connectivity index (χ4n) is 2.26. The zero-order valence-electron chi connectivity index (χ0n) is 13.2. The van der Waals surface area contributed by atoms with Gasteiger partial charge in [0, 0.05) is 6.20 Å². The average Bonchev–Trinajstić information content (AvgIpc) is 3.05. The lowest BCUT2D eigenvalue weighted by Gasteiger charge is -2.18. The Hall–Kier alpha value is -1.37. The van der Waals surface area contributed by atoms with Gasteiger partial charge < -0.3 is 0 Å². The molecule has 0 aromatic carbocycles. The summed E-state index contributed by atoms with van der Waals surface area (Å²) in [4.78, 5) is 12.3. The molecule has 1 N–H and O–H groups in total. The van der Waals surface area contributed by atoms with Crippen LogP contribution in [0, 0.1) is 6.92 Å². The van der Waals surface area contributed by atoms with E-state index in [2.05, 4.69) is 9.82 Å². The maximum Gasteiger partial charge on any atom is 0.268 e. The Labute approximate surface area is 126 Å². The van der Waals surface area contributed by atoms with E-state index in [0.29, 0.717) is 30.5 Å². The second-order valence-corrected chi connectivity index (χ2v) is 8.79. The minimum Gasteiger partial charge on any atom is -0.268 e. The van der Waals surface area contributed by atoms with E-state index in [9.17, 15) is 13.2 Å². The van der Waals surface area contributed by atoms with Crippen molar-refractivity contribution in [3.05, 3.63) is 17.5 Å². The van der Waals surface area contributed by atoms with Gasteiger partial charge in [0.25, 0.3) is 5.91 Å². The van der Waals surface area contributed by atoms with Crippen molar-refractivity contribution in [3.8, 4) is 0 Å². The standard InChI is InChI=1S/C14H23N3O3S/c1-6-14(7-8-14)21(19,20)16-12(18)11-9-17(13(3,4)5)15-10(11)2/h9H,6-8H2,1-5H3,(H,16,18). The predicted molar refractivity (Wildman–Crippen MR) is 80.6 cm³/mol. The summed E-state index contributed by atoms with van der Waals surface area (Å²) < 4.78 is 27.7. The number of sulfonamides is 1. The van der Waals surface area contributed by atoms with E-state index >= 15 is 0 Å². The highest BCUT2D eigenvalue weighted by atomic mass is 32.2. The molecule has 7 heteroatoms. The number of nitrogens with zero attached hydrogens (tertiary/aromatic N) is 2. The second-order valence-electron chi connectivity index (χ2n) is 6.71. The van der Waals surface area contributed by atoms with Crippen LogP contribution in [0.4, 0.5) is 0 Å². The van der Waals surface area contributed by atoms with Gasteiger partial charge >= 0.3 is 0 Å². The summed E-state index contributed by atoms with van der Waals surface area (Å²) >= 11 is 0. The number of amides is 1. The van der Waals surface area contributed by atoms with Crippen LogP contribution in [0.5, 0.6) is 0 Å². The molecule has 21 heavy (non-hydrogen) atoms. The van der Waals surface area contributed by atoms with Crippen molar-refractivity contribution in [1.82, 2.24) is 14.5 Å². The molecule has 0 saturated heterocycles. The summed E-state index contributed by atoms with van der Waals surface area (Å²) in [6.07, 6.45) is 3.36. The minimum atomic E-state index is -3.63. The van der Waals surface area contributed by atoms with Crippen molar-refractivity contribution in [2.45, 2.75) is 64.2 Å². The molecule has 0 atom stereocenters. The van der Waals surface area contributed by atoms with E-state index in [1.54, 1.807) is 17.8 Å². The van der Waals surface area contributed by atoms with Crippen molar-refractivity contribution in [3.63, 3.8) is 0 Å². The molecule has 0 aliphatic heterocycles. The van der Waals surface area contributed by atoms with Gasteiger partial charge in [0.15, 0.2) is 0 Å². The van der Waals surface area contributed by atoms with Gasteiger partial charge in [-0.25, -0.2) is 13.1 Å². The molecule has 2 rings (SSSR count). The summed E-state index contributed by atoms with van der Waals surface area (Å²) in [6, 6.07) is 0. The number of rotatable bonds is 4. The van der Waals surface area contributed by atoms with Crippen LogP contribution in [0.15, 0.2) is 6.20 Å². The SMILES string of the molecule is CCC1(S(=O)(=O)NC(=O)c2cn(C(C)(C)C)nc2C)CC1. The van der Waals surface area contributed by atoms with Gasteiger partial charge in [-0.1, -0.05) is 6.92 Å². The van der Waals surface area contributed by atoms with Crippen LogP contribution in [-0.2, 0) is 15.6 Å². The van der Waals surface area contributed by atoms with Gasteiger partial charge in [0.2, 0.25) is 10.0 Å². The van der Waals surface area contributed by atoms with Crippen LogP contribution in [-0.4, -0.2) is 28.9 Å². The topological polar surface area (TPSA) is 81.1 Å². The van der Waals surface area contributed by atoms with Crippen LogP contribution in [0.2, 0.25) is 0 Å². The van der Waals surface area contributed by atoms with E-state index in [4.69, 9.17) is 0 Å². The molecule has 1 heterocycles. The number of aryl methyl sites for hydroxylation is 1. The fourth-order valence-corrected chi connectivity index (χ4v) is 3.85. The highest BCUT2D eigenvalue weighted by Gasteiger charge is 2.53. The maximum atomic E-state index is 12.3. The van der Waals surface area contributed by atoms with Gasteiger partial charge in [0.05, 0.1) is 21.5 Å². The molecule has 1 aliphatic carbocycles. The van der Waals surface area contributed by atoms with Gasteiger partial charge in [-0.15, -0.1) is 0 Å². The molecule has 1 saturated carbocycles. The molecule has 1 aliphatic rings. The average molecular weight is 313 g/mol. The van der Waals surface area contributed by atoms with E-state index in [1.807, 2.05) is 27.7 Å². The lowest BCUT2D eigenvalue weighted by Crippen LogP contribution is -2.39. The van der Waals surface area contributed by atoms with Crippen LogP contribution in [0.25, 0.3) is 0 Å². The van der Waals surface area contributed by atoms with Gasteiger partial charge in [0.1, 0.15) is 0 Å². The largest absolute Gasteiger partial charge is 0.268 e. The van der Waals surface area contributed by atoms with Gasteiger partial charge in [-0.3, -0.25) is 9.48 Å². The van der Waals surface area contributed by atoms with Crippen molar-refractivity contribution < 1.29 is 13.2 Å². The maximum absolute atomic E-state index is 12.3. The van der Waals surface area contributed by atoms with E-state index in [0.717, 1.165) is 0 Å². The first-order valence-corrected chi connectivity index (χ1v) is 8.64. The molecule has 0 unspecified atom stereocenters. The molecule has 1 amide bonds. The molecule has 1 fully saturated rings. The fraction of sp³-hybridized carbons (Fsp3) is 0.714.